The van der Waals surface area contributed by atoms with Gasteiger partial charge in [0.05, 0.1) is 12.2 Å². The lowest BCUT2D eigenvalue weighted by molar-refractivity contribution is 0.0957. The molecule has 1 saturated heterocycles. The van der Waals surface area contributed by atoms with Crippen LogP contribution < -0.4 is 5.32 Å². The van der Waals surface area contributed by atoms with Crippen LogP contribution in [0.1, 0.15) is 38.8 Å². The number of aryl methyl sites for hydroxylation is 1. The molecule has 4 nitrogen and oxygen atoms in total. The maximum Gasteiger partial charge on any atom is 0.263 e. The number of rotatable bonds is 6. The van der Waals surface area contributed by atoms with Crippen LogP contribution in [0.5, 0.6) is 0 Å². The minimum Gasteiger partial charge on any atom is -0.351 e. The predicted molar refractivity (Wildman–Crippen MR) is 98.9 cm³/mol. The Labute approximate surface area is 151 Å². The van der Waals surface area contributed by atoms with Crippen molar-refractivity contribution in [3.8, 4) is 0 Å². The van der Waals surface area contributed by atoms with Gasteiger partial charge >= 0.3 is 0 Å². The van der Waals surface area contributed by atoms with Crippen molar-refractivity contribution in [3.05, 3.63) is 50.4 Å². The number of carbonyl (C=O) groups excluding carboxylic acids is 1. The fraction of sp³-hybridized carbons (Fsp3) is 0.444. The molecule has 6 heteroatoms. The summed E-state index contributed by atoms with van der Waals surface area (Å²) in [5, 5.41) is 4.76. The second kappa shape index (κ2) is 8.10. The van der Waals surface area contributed by atoms with Gasteiger partial charge in [-0.15, -0.1) is 11.3 Å². The molecular weight excluding hydrogens is 342 g/mol. The predicted octanol–water partition coefficient (Wildman–Crippen LogP) is 3.67. The summed E-state index contributed by atoms with van der Waals surface area (Å²) in [5.41, 5.74) is 1.99. The molecule has 2 aromatic rings. The molecular formula is C18H22ClN3OS. The molecule has 1 aliphatic heterocycles. The highest BCUT2D eigenvalue weighted by Gasteiger charge is 2.18. The molecule has 0 aliphatic carbocycles. The van der Waals surface area contributed by atoms with Crippen molar-refractivity contribution < 1.29 is 4.79 Å². The summed E-state index contributed by atoms with van der Waals surface area (Å²) in [6, 6.07) is 7.72. The van der Waals surface area contributed by atoms with Crippen LogP contribution in [0.4, 0.5) is 0 Å². The van der Waals surface area contributed by atoms with Gasteiger partial charge in [0.2, 0.25) is 0 Å². The maximum atomic E-state index is 12.4. The molecule has 1 N–H and O–H groups in total. The van der Waals surface area contributed by atoms with Gasteiger partial charge in [-0.05, 0) is 57.0 Å². The summed E-state index contributed by atoms with van der Waals surface area (Å²) >= 11 is 7.40. The van der Waals surface area contributed by atoms with Crippen molar-refractivity contribution >= 4 is 28.8 Å². The van der Waals surface area contributed by atoms with Gasteiger partial charge in [-0.1, -0.05) is 23.7 Å². The van der Waals surface area contributed by atoms with Crippen molar-refractivity contribution in [2.24, 2.45) is 0 Å². The Morgan fingerprint density at radius 2 is 2.00 bits per heavy atom. The Balaban J connectivity index is 1.52. The smallest absolute Gasteiger partial charge is 0.263 e. The minimum atomic E-state index is -0.0216. The van der Waals surface area contributed by atoms with Gasteiger partial charge in [0, 0.05) is 11.6 Å². The van der Waals surface area contributed by atoms with Gasteiger partial charge in [-0.2, -0.15) is 0 Å². The summed E-state index contributed by atoms with van der Waals surface area (Å²) < 4.78 is 0. The number of amides is 1. The summed E-state index contributed by atoms with van der Waals surface area (Å²) in [6.07, 6.45) is 3.33. The molecule has 1 aromatic carbocycles. The molecule has 1 amide bonds. The standard InChI is InChI=1S/C18H22ClN3OS/c1-13-17(24-16(21-13)12-22-10-2-3-11-22)18(23)20-9-8-14-4-6-15(19)7-5-14/h4-7H,2-3,8-12H2,1H3,(H,20,23). The molecule has 0 atom stereocenters. The number of likely N-dealkylation sites (tertiary alicyclic amines) is 1. The fourth-order valence-electron chi connectivity index (χ4n) is 2.91. The van der Waals surface area contributed by atoms with E-state index in [1.54, 1.807) is 0 Å². The third-order valence-electron chi connectivity index (χ3n) is 4.22. The van der Waals surface area contributed by atoms with Crippen molar-refractivity contribution in [2.45, 2.75) is 32.7 Å². The van der Waals surface area contributed by atoms with E-state index < -0.39 is 0 Å². The first-order valence-corrected chi connectivity index (χ1v) is 9.52. The SMILES string of the molecule is Cc1nc(CN2CCCC2)sc1C(=O)NCCc1ccc(Cl)cc1. The van der Waals surface area contributed by atoms with Crippen LogP contribution in [0.15, 0.2) is 24.3 Å². The van der Waals surface area contributed by atoms with E-state index >= 15 is 0 Å². The summed E-state index contributed by atoms with van der Waals surface area (Å²) in [6.45, 7) is 5.67. The molecule has 2 heterocycles. The van der Waals surface area contributed by atoms with E-state index in [4.69, 9.17) is 11.6 Å². The minimum absolute atomic E-state index is 0.0216. The van der Waals surface area contributed by atoms with E-state index in [2.05, 4.69) is 15.2 Å². The molecule has 24 heavy (non-hydrogen) atoms. The molecule has 0 radical (unpaired) electrons. The summed E-state index contributed by atoms with van der Waals surface area (Å²) in [5.74, 6) is -0.0216. The highest BCUT2D eigenvalue weighted by molar-refractivity contribution is 7.13. The van der Waals surface area contributed by atoms with Crippen LogP contribution in [-0.4, -0.2) is 35.4 Å². The van der Waals surface area contributed by atoms with Crippen LogP contribution in [0.25, 0.3) is 0 Å². The molecule has 0 bridgehead atoms. The number of thiazole rings is 1. The Hall–Kier alpha value is -1.43. The number of aromatic nitrogens is 1. The van der Waals surface area contributed by atoms with E-state index in [0.29, 0.717) is 6.54 Å². The van der Waals surface area contributed by atoms with Crippen molar-refractivity contribution in [2.75, 3.05) is 19.6 Å². The van der Waals surface area contributed by atoms with Gasteiger partial charge in [-0.25, -0.2) is 4.98 Å². The van der Waals surface area contributed by atoms with Gasteiger partial charge in [0.25, 0.3) is 5.91 Å². The second-order valence-corrected chi connectivity index (χ2v) is 7.66. The molecule has 0 saturated carbocycles. The molecule has 128 valence electrons. The van der Waals surface area contributed by atoms with E-state index in [1.807, 2.05) is 31.2 Å². The van der Waals surface area contributed by atoms with Gasteiger partial charge in [-0.3, -0.25) is 9.69 Å². The Morgan fingerprint density at radius 3 is 2.71 bits per heavy atom. The zero-order chi connectivity index (χ0) is 16.9. The van der Waals surface area contributed by atoms with Crippen molar-refractivity contribution in [3.63, 3.8) is 0 Å². The van der Waals surface area contributed by atoms with Crippen LogP contribution in [-0.2, 0) is 13.0 Å². The lowest BCUT2D eigenvalue weighted by Crippen LogP contribution is -2.25. The lowest BCUT2D eigenvalue weighted by Gasteiger charge is -2.11. The number of carbonyl (C=O) groups is 1. The second-order valence-electron chi connectivity index (χ2n) is 6.14. The monoisotopic (exact) mass is 363 g/mol. The largest absolute Gasteiger partial charge is 0.351 e. The Kier molecular flexibility index (Phi) is 5.87. The normalized spacial score (nSPS) is 14.9. The first-order chi connectivity index (χ1) is 11.6. The van der Waals surface area contributed by atoms with Crippen molar-refractivity contribution in [1.29, 1.82) is 0 Å². The van der Waals surface area contributed by atoms with Crippen LogP contribution in [0.2, 0.25) is 5.02 Å². The summed E-state index contributed by atoms with van der Waals surface area (Å²) in [7, 11) is 0. The highest BCUT2D eigenvalue weighted by Crippen LogP contribution is 2.21. The van der Waals surface area contributed by atoms with Gasteiger partial charge in [0.15, 0.2) is 0 Å². The third-order valence-corrected chi connectivity index (χ3v) is 5.61. The number of halogens is 1. The van der Waals surface area contributed by atoms with Crippen LogP contribution >= 0.6 is 22.9 Å². The van der Waals surface area contributed by atoms with Crippen LogP contribution in [0.3, 0.4) is 0 Å². The molecule has 3 rings (SSSR count). The molecule has 1 fully saturated rings. The quantitative estimate of drug-likeness (QED) is 0.851. The molecule has 1 aromatic heterocycles. The average molecular weight is 364 g/mol. The number of hydrogen-bond donors (Lipinski definition) is 1. The molecule has 1 aliphatic rings. The van der Waals surface area contributed by atoms with E-state index in [-0.39, 0.29) is 5.91 Å². The number of nitrogens with zero attached hydrogens (tertiary/aromatic N) is 2. The zero-order valence-corrected chi connectivity index (χ0v) is 15.4. The Bertz CT molecular complexity index is 693. The zero-order valence-electron chi connectivity index (χ0n) is 13.8. The fourth-order valence-corrected chi connectivity index (χ4v) is 4.06. The van der Waals surface area contributed by atoms with E-state index in [1.165, 1.54) is 24.2 Å². The van der Waals surface area contributed by atoms with E-state index in [0.717, 1.165) is 52.2 Å². The first-order valence-electron chi connectivity index (χ1n) is 8.33. The highest BCUT2D eigenvalue weighted by atomic mass is 35.5. The molecule has 0 spiro atoms. The third kappa shape index (κ3) is 4.56. The number of nitrogens with one attached hydrogen (secondary N) is 1. The van der Waals surface area contributed by atoms with Crippen LogP contribution in [0, 0.1) is 6.92 Å². The van der Waals surface area contributed by atoms with Crippen molar-refractivity contribution in [1.82, 2.24) is 15.2 Å². The average Bonchev–Trinajstić information content (AvgIpc) is 3.19. The maximum absolute atomic E-state index is 12.4. The topological polar surface area (TPSA) is 45.2 Å². The van der Waals surface area contributed by atoms with Gasteiger partial charge in [0.1, 0.15) is 9.88 Å². The Morgan fingerprint density at radius 1 is 1.29 bits per heavy atom. The molecule has 0 unspecified atom stereocenters. The first kappa shape index (κ1) is 17.4. The van der Waals surface area contributed by atoms with Gasteiger partial charge < -0.3 is 5.32 Å². The van der Waals surface area contributed by atoms with E-state index in [9.17, 15) is 4.79 Å². The number of benzene rings is 1. The summed E-state index contributed by atoms with van der Waals surface area (Å²) in [4.78, 5) is 20.1. The number of hydrogen-bond acceptors (Lipinski definition) is 4. The lowest BCUT2D eigenvalue weighted by atomic mass is 10.1.